The van der Waals surface area contributed by atoms with Crippen molar-refractivity contribution >= 4 is 21.8 Å². The van der Waals surface area contributed by atoms with Crippen LogP contribution in [0.1, 0.15) is 0 Å². The van der Waals surface area contributed by atoms with Crippen LogP contribution < -0.4 is 5.69 Å². The predicted octanol–water partition coefficient (Wildman–Crippen LogP) is 1.40. The Bertz CT molecular complexity index is 665. The molecule has 3 aromatic rings. The highest BCUT2D eigenvalue weighted by atomic mass is 16.1. The van der Waals surface area contributed by atoms with E-state index in [-0.39, 0.29) is 5.69 Å². The van der Waals surface area contributed by atoms with Gasteiger partial charge in [-0.25, -0.2) is 4.79 Å². The summed E-state index contributed by atoms with van der Waals surface area (Å²) in [4.78, 5) is 20.6. The van der Waals surface area contributed by atoms with Crippen molar-refractivity contribution in [3.8, 4) is 0 Å². The Morgan fingerprint density at radius 2 is 2.07 bits per heavy atom. The summed E-state index contributed by atoms with van der Waals surface area (Å²) in [5, 5.41) is 2.03. The van der Waals surface area contributed by atoms with Gasteiger partial charge in [-0.3, -0.25) is 4.98 Å². The van der Waals surface area contributed by atoms with Crippen molar-refractivity contribution in [2.75, 3.05) is 0 Å². The van der Waals surface area contributed by atoms with Crippen molar-refractivity contribution in [3.63, 3.8) is 0 Å². The highest BCUT2D eigenvalue weighted by molar-refractivity contribution is 6.03. The zero-order valence-electron chi connectivity index (χ0n) is 7.24. The summed E-state index contributed by atoms with van der Waals surface area (Å²) in [6.07, 6.45) is 3.49. The molecule has 14 heavy (non-hydrogen) atoms. The molecule has 4 heteroatoms. The fraction of sp³-hybridized carbons (Fsp3) is 0. The molecule has 0 saturated carbocycles. The molecule has 4 nitrogen and oxygen atoms in total. The SMILES string of the molecule is O=c1[nH]c2ccc3ccncc3c2[nH]1. The zero-order valence-corrected chi connectivity index (χ0v) is 7.24. The molecule has 0 aliphatic rings. The Morgan fingerprint density at radius 3 is 3.00 bits per heavy atom. The van der Waals surface area contributed by atoms with Crippen molar-refractivity contribution in [2.24, 2.45) is 0 Å². The maximum Gasteiger partial charge on any atom is 0.323 e. The third-order valence-electron chi connectivity index (χ3n) is 2.31. The van der Waals surface area contributed by atoms with E-state index in [2.05, 4.69) is 15.0 Å². The van der Waals surface area contributed by atoms with Gasteiger partial charge in [0.05, 0.1) is 11.0 Å². The number of nitrogens with one attached hydrogen (secondary N) is 2. The highest BCUT2D eigenvalue weighted by Crippen LogP contribution is 2.19. The molecule has 0 bridgehead atoms. The van der Waals surface area contributed by atoms with Crippen molar-refractivity contribution < 1.29 is 0 Å². The van der Waals surface area contributed by atoms with E-state index < -0.39 is 0 Å². The predicted molar refractivity (Wildman–Crippen MR) is 54.2 cm³/mol. The molecule has 0 spiro atoms. The molecule has 3 rings (SSSR count). The van der Waals surface area contributed by atoms with Crippen molar-refractivity contribution in [1.82, 2.24) is 15.0 Å². The standard InChI is InChI=1S/C10H7N3O/c14-10-12-8-2-1-6-3-4-11-5-7(6)9(8)13-10/h1-5H,(H2,12,13,14). The number of imidazole rings is 1. The molecule has 0 aliphatic carbocycles. The number of aromatic amines is 2. The minimum Gasteiger partial charge on any atom is -0.306 e. The summed E-state index contributed by atoms with van der Waals surface area (Å²) in [6, 6.07) is 5.76. The Hall–Kier alpha value is -2.10. The number of nitrogens with zero attached hydrogens (tertiary/aromatic N) is 1. The lowest BCUT2D eigenvalue weighted by molar-refractivity contribution is 1.22. The molecule has 2 aromatic heterocycles. The van der Waals surface area contributed by atoms with Gasteiger partial charge in [-0.15, -0.1) is 0 Å². The molecule has 0 aliphatic heterocycles. The van der Waals surface area contributed by atoms with Gasteiger partial charge in [0.15, 0.2) is 0 Å². The summed E-state index contributed by atoms with van der Waals surface area (Å²) in [7, 11) is 0. The smallest absolute Gasteiger partial charge is 0.306 e. The average molecular weight is 185 g/mol. The molecule has 1 aromatic carbocycles. The van der Waals surface area contributed by atoms with E-state index in [1.54, 1.807) is 12.4 Å². The molecule has 0 radical (unpaired) electrons. The van der Waals surface area contributed by atoms with Crippen molar-refractivity contribution in [1.29, 1.82) is 0 Å². The Labute approximate surface area is 78.6 Å². The molecule has 0 amide bonds. The molecule has 2 N–H and O–H groups in total. The molecule has 0 unspecified atom stereocenters. The van der Waals surface area contributed by atoms with Gasteiger partial charge in [-0.1, -0.05) is 6.07 Å². The number of hydrogen-bond donors (Lipinski definition) is 2. The summed E-state index contributed by atoms with van der Waals surface area (Å²) in [6.45, 7) is 0. The summed E-state index contributed by atoms with van der Waals surface area (Å²) in [5.74, 6) is 0. The van der Waals surface area contributed by atoms with Gasteiger partial charge in [-0.2, -0.15) is 0 Å². The van der Waals surface area contributed by atoms with Crippen LogP contribution in [0.4, 0.5) is 0 Å². The van der Waals surface area contributed by atoms with Crippen LogP contribution in [0.25, 0.3) is 21.8 Å². The number of pyridine rings is 1. The van der Waals surface area contributed by atoms with Gasteiger partial charge in [0.25, 0.3) is 0 Å². The van der Waals surface area contributed by atoms with Crippen molar-refractivity contribution in [3.05, 3.63) is 41.1 Å². The third kappa shape index (κ3) is 0.877. The largest absolute Gasteiger partial charge is 0.323 e. The fourth-order valence-corrected chi connectivity index (χ4v) is 1.67. The number of fused-ring (bicyclic) bond motifs is 3. The first-order chi connectivity index (χ1) is 6.84. The van der Waals surface area contributed by atoms with Gasteiger partial charge in [0, 0.05) is 17.8 Å². The van der Waals surface area contributed by atoms with Gasteiger partial charge >= 0.3 is 5.69 Å². The van der Waals surface area contributed by atoms with Gasteiger partial charge < -0.3 is 9.97 Å². The van der Waals surface area contributed by atoms with Crippen LogP contribution in [0.3, 0.4) is 0 Å². The highest BCUT2D eigenvalue weighted by Gasteiger charge is 2.02. The van der Waals surface area contributed by atoms with E-state index >= 15 is 0 Å². The van der Waals surface area contributed by atoms with Crippen LogP contribution in [-0.2, 0) is 0 Å². The maximum atomic E-state index is 11.1. The van der Waals surface area contributed by atoms with E-state index in [1.165, 1.54) is 0 Å². The molecular weight excluding hydrogens is 178 g/mol. The minimum atomic E-state index is -0.184. The lowest BCUT2D eigenvalue weighted by Crippen LogP contribution is -1.99. The van der Waals surface area contributed by atoms with E-state index in [1.807, 2.05) is 18.2 Å². The normalized spacial score (nSPS) is 11.1. The quantitative estimate of drug-likeness (QED) is 0.556. The number of benzene rings is 1. The number of hydrogen-bond acceptors (Lipinski definition) is 2. The van der Waals surface area contributed by atoms with Crippen LogP contribution >= 0.6 is 0 Å². The molecule has 0 saturated heterocycles. The van der Waals surface area contributed by atoms with Crippen molar-refractivity contribution in [2.45, 2.75) is 0 Å². The minimum absolute atomic E-state index is 0.184. The second kappa shape index (κ2) is 2.45. The first-order valence-electron chi connectivity index (χ1n) is 4.29. The van der Waals surface area contributed by atoms with E-state index in [9.17, 15) is 4.79 Å². The number of rotatable bonds is 0. The second-order valence-corrected chi connectivity index (χ2v) is 3.16. The van der Waals surface area contributed by atoms with Crippen LogP contribution in [-0.4, -0.2) is 15.0 Å². The number of aromatic nitrogens is 3. The van der Waals surface area contributed by atoms with E-state index in [4.69, 9.17) is 0 Å². The van der Waals surface area contributed by atoms with Crippen LogP contribution in [0.2, 0.25) is 0 Å². The Morgan fingerprint density at radius 1 is 1.14 bits per heavy atom. The second-order valence-electron chi connectivity index (χ2n) is 3.16. The molecule has 0 atom stereocenters. The summed E-state index contributed by atoms with van der Waals surface area (Å²) >= 11 is 0. The number of H-pyrrole nitrogens is 2. The summed E-state index contributed by atoms with van der Waals surface area (Å²) in [5.41, 5.74) is 1.45. The van der Waals surface area contributed by atoms with E-state index in [0.29, 0.717) is 0 Å². The molecule has 2 heterocycles. The lowest BCUT2D eigenvalue weighted by atomic mass is 10.1. The van der Waals surface area contributed by atoms with Gasteiger partial charge in [0.1, 0.15) is 0 Å². The molecule has 0 fully saturated rings. The van der Waals surface area contributed by atoms with Crippen LogP contribution in [0.5, 0.6) is 0 Å². The van der Waals surface area contributed by atoms with E-state index in [0.717, 1.165) is 21.8 Å². The first kappa shape index (κ1) is 7.32. The third-order valence-corrected chi connectivity index (χ3v) is 2.31. The average Bonchev–Trinajstić information content (AvgIpc) is 2.59. The molecular formula is C10H7N3O. The van der Waals surface area contributed by atoms with Gasteiger partial charge in [-0.05, 0) is 17.5 Å². The topological polar surface area (TPSA) is 61.5 Å². The van der Waals surface area contributed by atoms with Crippen LogP contribution in [0.15, 0.2) is 35.4 Å². The maximum absolute atomic E-state index is 11.1. The van der Waals surface area contributed by atoms with Crippen LogP contribution in [0, 0.1) is 0 Å². The lowest BCUT2D eigenvalue weighted by Gasteiger charge is -1.96. The van der Waals surface area contributed by atoms with Gasteiger partial charge in [0.2, 0.25) is 0 Å². The molecule has 68 valence electrons. The monoisotopic (exact) mass is 185 g/mol. The Kier molecular flexibility index (Phi) is 1.28. The summed E-state index contributed by atoms with van der Waals surface area (Å²) < 4.78 is 0. The Balaban J connectivity index is 2.66. The first-order valence-corrected chi connectivity index (χ1v) is 4.29. The zero-order chi connectivity index (χ0) is 9.54. The fourth-order valence-electron chi connectivity index (χ4n) is 1.67.